The number of halogens is 1. The van der Waals surface area contributed by atoms with Crippen LogP contribution in [0, 0.1) is 12.7 Å². The van der Waals surface area contributed by atoms with Gasteiger partial charge in [-0.3, -0.25) is 0 Å². The van der Waals surface area contributed by atoms with E-state index in [0.717, 1.165) is 5.69 Å². The van der Waals surface area contributed by atoms with E-state index < -0.39 is 0 Å². The first-order chi connectivity index (χ1) is 8.63. The lowest BCUT2D eigenvalue weighted by Gasteiger charge is -2.09. The van der Waals surface area contributed by atoms with E-state index in [9.17, 15) is 4.39 Å². The summed E-state index contributed by atoms with van der Waals surface area (Å²) >= 11 is 0. The van der Waals surface area contributed by atoms with Gasteiger partial charge in [0.05, 0.1) is 19.9 Å². The molecule has 0 aliphatic rings. The Balaban J connectivity index is 2.60. The van der Waals surface area contributed by atoms with E-state index in [2.05, 4.69) is 9.97 Å². The predicted molar refractivity (Wildman–Crippen MR) is 65.3 cm³/mol. The van der Waals surface area contributed by atoms with Gasteiger partial charge in [0, 0.05) is 11.3 Å². The van der Waals surface area contributed by atoms with E-state index in [1.165, 1.54) is 26.4 Å². The largest absolute Gasteiger partial charge is 0.496 e. The van der Waals surface area contributed by atoms with Gasteiger partial charge in [0.2, 0.25) is 0 Å². The van der Waals surface area contributed by atoms with Gasteiger partial charge in [-0.2, -0.15) is 4.98 Å². The van der Waals surface area contributed by atoms with Crippen LogP contribution in [0.1, 0.15) is 5.69 Å². The molecule has 0 atom stereocenters. The third-order valence-electron chi connectivity index (χ3n) is 2.45. The second kappa shape index (κ2) is 5.00. The minimum atomic E-state index is -0.346. The normalized spacial score (nSPS) is 10.2. The quantitative estimate of drug-likeness (QED) is 0.837. The fourth-order valence-electron chi connectivity index (χ4n) is 1.65. The average Bonchev–Trinajstić information content (AvgIpc) is 2.38. The molecule has 0 spiro atoms. The molecule has 94 valence electrons. The molecule has 18 heavy (non-hydrogen) atoms. The highest BCUT2D eigenvalue weighted by Crippen LogP contribution is 2.30. The number of benzene rings is 1. The van der Waals surface area contributed by atoms with Crippen molar-refractivity contribution in [3.8, 4) is 23.0 Å². The molecular weight excluding hydrogens is 235 g/mol. The van der Waals surface area contributed by atoms with Crippen molar-refractivity contribution in [1.82, 2.24) is 9.97 Å². The van der Waals surface area contributed by atoms with Crippen LogP contribution in [0.4, 0.5) is 4.39 Å². The average molecular weight is 248 g/mol. The zero-order valence-electron chi connectivity index (χ0n) is 10.4. The SMILES string of the molecule is COc1nc(C)cc(-c2cc(F)ccc2OC)n1. The first-order valence-corrected chi connectivity index (χ1v) is 5.37. The van der Waals surface area contributed by atoms with Gasteiger partial charge in [-0.25, -0.2) is 9.37 Å². The van der Waals surface area contributed by atoms with E-state index in [1.807, 2.05) is 6.92 Å². The summed E-state index contributed by atoms with van der Waals surface area (Å²) in [6.07, 6.45) is 0. The third kappa shape index (κ3) is 2.40. The van der Waals surface area contributed by atoms with Crippen molar-refractivity contribution in [2.24, 2.45) is 0 Å². The zero-order valence-corrected chi connectivity index (χ0v) is 10.4. The fraction of sp³-hybridized carbons (Fsp3) is 0.231. The lowest BCUT2D eigenvalue weighted by molar-refractivity contribution is 0.379. The van der Waals surface area contributed by atoms with Crippen LogP contribution in [0.2, 0.25) is 0 Å². The molecule has 5 heteroatoms. The van der Waals surface area contributed by atoms with Gasteiger partial charge in [0.25, 0.3) is 0 Å². The molecule has 0 saturated carbocycles. The molecule has 4 nitrogen and oxygen atoms in total. The second-order valence-electron chi connectivity index (χ2n) is 3.73. The number of ether oxygens (including phenoxy) is 2. The monoisotopic (exact) mass is 248 g/mol. The number of nitrogens with zero attached hydrogens (tertiary/aromatic N) is 2. The molecular formula is C13H13FN2O2. The fourth-order valence-corrected chi connectivity index (χ4v) is 1.65. The van der Waals surface area contributed by atoms with E-state index >= 15 is 0 Å². The van der Waals surface area contributed by atoms with Gasteiger partial charge in [-0.05, 0) is 31.2 Å². The molecule has 1 heterocycles. The summed E-state index contributed by atoms with van der Waals surface area (Å²) in [5.74, 6) is 0.206. The molecule has 0 saturated heterocycles. The number of aryl methyl sites for hydroxylation is 1. The standard InChI is InChI=1S/C13H13FN2O2/c1-8-6-11(16-13(15-8)18-3)10-7-9(14)4-5-12(10)17-2/h4-7H,1-3H3. The maximum Gasteiger partial charge on any atom is 0.316 e. The van der Waals surface area contributed by atoms with E-state index in [-0.39, 0.29) is 11.8 Å². The maximum absolute atomic E-state index is 13.3. The Bertz CT molecular complexity index is 573. The molecule has 0 N–H and O–H groups in total. The van der Waals surface area contributed by atoms with Crippen LogP contribution < -0.4 is 9.47 Å². The molecule has 2 aromatic rings. The first kappa shape index (κ1) is 12.3. The van der Waals surface area contributed by atoms with Crippen LogP contribution in [0.5, 0.6) is 11.8 Å². The zero-order chi connectivity index (χ0) is 13.1. The Hall–Kier alpha value is -2.17. The van der Waals surface area contributed by atoms with E-state index in [4.69, 9.17) is 9.47 Å². The van der Waals surface area contributed by atoms with Crippen molar-refractivity contribution in [3.63, 3.8) is 0 Å². The molecule has 2 rings (SSSR count). The van der Waals surface area contributed by atoms with Gasteiger partial charge in [0.15, 0.2) is 0 Å². The van der Waals surface area contributed by atoms with Crippen LogP contribution in [-0.2, 0) is 0 Å². The Morgan fingerprint density at radius 2 is 1.83 bits per heavy atom. The number of hydrogen-bond donors (Lipinski definition) is 0. The van der Waals surface area contributed by atoms with E-state index in [1.54, 1.807) is 12.1 Å². The van der Waals surface area contributed by atoms with Crippen molar-refractivity contribution in [1.29, 1.82) is 0 Å². The predicted octanol–water partition coefficient (Wildman–Crippen LogP) is 2.61. The number of methoxy groups -OCH3 is 2. The van der Waals surface area contributed by atoms with Crippen molar-refractivity contribution >= 4 is 0 Å². The lowest BCUT2D eigenvalue weighted by Crippen LogP contribution is -1.97. The number of rotatable bonds is 3. The smallest absolute Gasteiger partial charge is 0.316 e. The molecule has 0 aliphatic heterocycles. The van der Waals surface area contributed by atoms with Crippen LogP contribution in [0.15, 0.2) is 24.3 Å². The van der Waals surface area contributed by atoms with E-state index in [0.29, 0.717) is 17.0 Å². The molecule has 0 unspecified atom stereocenters. The van der Waals surface area contributed by atoms with Gasteiger partial charge in [-0.15, -0.1) is 0 Å². The summed E-state index contributed by atoms with van der Waals surface area (Å²) in [7, 11) is 3.02. The third-order valence-corrected chi connectivity index (χ3v) is 2.45. The highest BCUT2D eigenvalue weighted by Gasteiger charge is 2.11. The van der Waals surface area contributed by atoms with Crippen LogP contribution in [0.3, 0.4) is 0 Å². The molecule has 1 aromatic carbocycles. The highest BCUT2D eigenvalue weighted by molar-refractivity contribution is 5.67. The summed E-state index contributed by atoms with van der Waals surface area (Å²) in [5.41, 5.74) is 1.88. The minimum Gasteiger partial charge on any atom is -0.496 e. The van der Waals surface area contributed by atoms with Crippen molar-refractivity contribution in [2.75, 3.05) is 14.2 Å². The first-order valence-electron chi connectivity index (χ1n) is 5.37. The van der Waals surface area contributed by atoms with Crippen molar-refractivity contribution < 1.29 is 13.9 Å². The van der Waals surface area contributed by atoms with Gasteiger partial charge in [-0.1, -0.05) is 0 Å². The Morgan fingerprint density at radius 3 is 2.50 bits per heavy atom. The molecule has 0 radical (unpaired) electrons. The highest BCUT2D eigenvalue weighted by atomic mass is 19.1. The molecule has 1 aromatic heterocycles. The number of hydrogen-bond acceptors (Lipinski definition) is 4. The van der Waals surface area contributed by atoms with Crippen LogP contribution in [0.25, 0.3) is 11.3 Å². The van der Waals surface area contributed by atoms with Gasteiger partial charge < -0.3 is 9.47 Å². The summed E-state index contributed by atoms with van der Waals surface area (Å²) in [6.45, 7) is 1.82. The topological polar surface area (TPSA) is 44.2 Å². The summed E-state index contributed by atoms with van der Waals surface area (Å²) in [5, 5.41) is 0. The second-order valence-corrected chi connectivity index (χ2v) is 3.73. The Kier molecular flexibility index (Phi) is 3.41. The molecule has 0 amide bonds. The summed E-state index contributed by atoms with van der Waals surface area (Å²) < 4.78 is 23.5. The Morgan fingerprint density at radius 1 is 1.06 bits per heavy atom. The minimum absolute atomic E-state index is 0.247. The maximum atomic E-state index is 13.3. The lowest BCUT2D eigenvalue weighted by atomic mass is 10.1. The summed E-state index contributed by atoms with van der Waals surface area (Å²) in [4.78, 5) is 8.28. The van der Waals surface area contributed by atoms with Crippen LogP contribution in [-0.4, -0.2) is 24.2 Å². The van der Waals surface area contributed by atoms with Gasteiger partial charge >= 0.3 is 6.01 Å². The summed E-state index contributed by atoms with van der Waals surface area (Å²) in [6, 6.07) is 6.28. The Labute approximate surface area is 104 Å². The van der Waals surface area contributed by atoms with Crippen molar-refractivity contribution in [3.05, 3.63) is 35.8 Å². The number of aromatic nitrogens is 2. The van der Waals surface area contributed by atoms with Crippen LogP contribution >= 0.6 is 0 Å². The van der Waals surface area contributed by atoms with Crippen molar-refractivity contribution in [2.45, 2.75) is 6.92 Å². The molecule has 0 fully saturated rings. The van der Waals surface area contributed by atoms with Gasteiger partial charge in [0.1, 0.15) is 11.6 Å². The molecule has 0 aliphatic carbocycles. The molecule has 0 bridgehead atoms.